The lowest BCUT2D eigenvalue weighted by molar-refractivity contribution is 0.222. The topological polar surface area (TPSA) is 63.1 Å². The summed E-state index contributed by atoms with van der Waals surface area (Å²) in [4.78, 5) is 24.0. The molecule has 0 bridgehead atoms. The Morgan fingerprint density at radius 1 is 1.36 bits per heavy atom. The number of carbonyl (C=O) groups is 1. The van der Waals surface area contributed by atoms with Crippen molar-refractivity contribution in [1.82, 2.24) is 19.4 Å². The van der Waals surface area contributed by atoms with Crippen molar-refractivity contribution in [3.8, 4) is 0 Å². The van der Waals surface area contributed by atoms with Gasteiger partial charge in [-0.05, 0) is 49.6 Å². The number of halogens is 1. The van der Waals surface area contributed by atoms with Gasteiger partial charge in [-0.2, -0.15) is 0 Å². The quantitative estimate of drug-likeness (QED) is 0.686. The molecule has 146 valence electrons. The molecule has 1 N–H and O–H groups in total. The molecular formula is C21H24ClN5O. The number of amides is 2. The lowest BCUT2D eigenvalue weighted by Crippen LogP contribution is -2.33. The molecule has 1 atom stereocenters. The molecule has 3 heterocycles. The van der Waals surface area contributed by atoms with Crippen LogP contribution in [0.2, 0.25) is 5.02 Å². The highest BCUT2D eigenvalue weighted by Gasteiger charge is 2.31. The molecule has 0 saturated carbocycles. The number of nitrogens with zero attached hydrogens (tertiary/aromatic N) is 4. The zero-order chi connectivity index (χ0) is 19.7. The van der Waals surface area contributed by atoms with E-state index in [0.29, 0.717) is 18.1 Å². The Hall–Kier alpha value is -2.60. The van der Waals surface area contributed by atoms with Crippen LogP contribution in [0, 0.1) is 6.92 Å². The van der Waals surface area contributed by atoms with Gasteiger partial charge in [-0.3, -0.25) is 0 Å². The highest BCUT2D eigenvalue weighted by molar-refractivity contribution is 6.31. The maximum atomic E-state index is 12.8. The number of fused-ring (bicyclic) bond motifs is 1. The van der Waals surface area contributed by atoms with Crippen LogP contribution < -0.4 is 5.32 Å². The molecule has 1 aliphatic heterocycles. The molecule has 2 amide bonds. The van der Waals surface area contributed by atoms with Crippen LogP contribution in [0.1, 0.15) is 37.1 Å². The van der Waals surface area contributed by atoms with E-state index in [4.69, 9.17) is 16.6 Å². The number of benzene rings is 1. The number of urea groups is 1. The van der Waals surface area contributed by atoms with Gasteiger partial charge in [0.15, 0.2) is 5.65 Å². The normalized spacial score (nSPS) is 16.7. The first-order valence-electron chi connectivity index (χ1n) is 9.70. The maximum absolute atomic E-state index is 12.8. The first-order valence-corrected chi connectivity index (χ1v) is 10.1. The molecule has 0 radical (unpaired) electrons. The minimum atomic E-state index is -0.0934. The van der Waals surface area contributed by atoms with Crippen molar-refractivity contribution in [1.29, 1.82) is 0 Å². The molecule has 6 nitrogen and oxygen atoms in total. The lowest BCUT2D eigenvalue weighted by Gasteiger charge is -2.19. The molecule has 1 saturated heterocycles. The van der Waals surface area contributed by atoms with Crippen molar-refractivity contribution in [2.45, 2.75) is 39.2 Å². The third-order valence-corrected chi connectivity index (χ3v) is 5.50. The van der Waals surface area contributed by atoms with E-state index in [-0.39, 0.29) is 11.9 Å². The molecule has 28 heavy (non-hydrogen) atoms. The molecule has 1 unspecified atom stereocenters. The van der Waals surface area contributed by atoms with Crippen molar-refractivity contribution in [3.63, 3.8) is 0 Å². The summed E-state index contributed by atoms with van der Waals surface area (Å²) in [6, 6.07) is 9.34. The van der Waals surface area contributed by atoms with Crippen molar-refractivity contribution >= 4 is 34.5 Å². The SMILES string of the molecule is CCCn1c(C2CCN(C(=O)Nc3cc(Cl)ccc3C)C2)nc2cccnc21. The summed E-state index contributed by atoms with van der Waals surface area (Å²) in [5.74, 6) is 1.25. The largest absolute Gasteiger partial charge is 0.324 e. The molecule has 7 heteroatoms. The smallest absolute Gasteiger partial charge is 0.321 e. The molecule has 2 aromatic heterocycles. The number of hydrogen-bond acceptors (Lipinski definition) is 3. The molecule has 1 aliphatic rings. The van der Waals surface area contributed by atoms with E-state index in [1.807, 2.05) is 42.3 Å². The molecule has 4 rings (SSSR count). The fraction of sp³-hybridized carbons (Fsp3) is 0.381. The van der Waals surface area contributed by atoms with E-state index >= 15 is 0 Å². The van der Waals surface area contributed by atoms with Gasteiger partial charge >= 0.3 is 6.03 Å². The fourth-order valence-electron chi connectivity index (χ4n) is 3.81. The van der Waals surface area contributed by atoms with Crippen LogP contribution >= 0.6 is 11.6 Å². The van der Waals surface area contributed by atoms with Crippen LogP contribution in [0.4, 0.5) is 10.5 Å². The van der Waals surface area contributed by atoms with Gasteiger partial charge in [0.25, 0.3) is 0 Å². The minimum Gasteiger partial charge on any atom is -0.324 e. The Kier molecular flexibility index (Phi) is 5.22. The molecule has 1 aromatic carbocycles. The Morgan fingerprint density at radius 2 is 2.21 bits per heavy atom. The average Bonchev–Trinajstić information content (AvgIpc) is 3.30. The molecule has 0 spiro atoms. The first-order chi connectivity index (χ1) is 13.6. The molecule has 1 fully saturated rings. The number of rotatable bonds is 4. The zero-order valence-corrected chi connectivity index (χ0v) is 16.9. The Morgan fingerprint density at radius 3 is 3.04 bits per heavy atom. The second-order valence-corrected chi connectivity index (χ2v) is 7.73. The summed E-state index contributed by atoms with van der Waals surface area (Å²) < 4.78 is 2.21. The number of pyridine rings is 1. The average molecular weight is 398 g/mol. The number of aromatic nitrogens is 3. The monoisotopic (exact) mass is 397 g/mol. The number of hydrogen-bond donors (Lipinski definition) is 1. The van der Waals surface area contributed by atoms with Gasteiger partial charge < -0.3 is 14.8 Å². The Balaban J connectivity index is 1.52. The van der Waals surface area contributed by atoms with E-state index < -0.39 is 0 Å². The predicted molar refractivity (Wildman–Crippen MR) is 112 cm³/mol. The van der Waals surface area contributed by atoms with Crippen molar-refractivity contribution in [3.05, 3.63) is 52.9 Å². The van der Waals surface area contributed by atoms with Crippen molar-refractivity contribution in [2.75, 3.05) is 18.4 Å². The van der Waals surface area contributed by atoms with Gasteiger partial charge in [0.05, 0.1) is 0 Å². The highest BCUT2D eigenvalue weighted by atomic mass is 35.5. The standard InChI is InChI=1S/C21H24ClN5O/c1-3-10-27-19(24-17-5-4-9-23-20(17)27)15-8-11-26(13-15)21(28)25-18-12-16(22)7-6-14(18)2/h4-7,9,12,15H,3,8,10-11,13H2,1-2H3,(H,25,28). The summed E-state index contributed by atoms with van der Waals surface area (Å²) >= 11 is 6.07. The molecular weight excluding hydrogens is 374 g/mol. The number of nitrogens with one attached hydrogen (secondary N) is 1. The third-order valence-electron chi connectivity index (χ3n) is 5.26. The molecule has 3 aromatic rings. The Labute approximate surface area is 169 Å². The van der Waals surface area contributed by atoms with Crippen LogP contribution in [-0.4, -0.2) is 38.6 Å². The molecule has 0 aliphatic carbocycles. The predicted octanol–water partition coefficient (Wildman–Crippen LogP) is 4.82. The van der Waals surface area contributed by atoms with E-state index in [1.165, 1.54) is 0 Å². The number of likely N-dealkylation sites (tertiary alicyclic amines) is 1. The summed E-state index contributed by atoms with van der Waals surface area (Å²) in [5, 5.41) is 3.61. The van der Waals surface area contributed by atoms with Crippen LogP contribution in [0.5, 0.6) is 0 Å². The fourth-order valence-corrected chi connectivity index (χ4v) is 3.98. The van der Waals surface area contributed by atoms with Crippen LogP contribution in [0.25, 0.3) is 11.2 Å². The van der Waals surface area contributed by atoms with Gasteiger partial charge in [-0.25, -0.2) is 14.8 Å². The van der Waals surface area contributed by atoms with E-state index in [2.05, 4.69) is 21.8 Å². The maximum Gasteiger partial charge on any atom is 0.321 e. The van der Waals surface area contributed by atoms with Gasteiger partial charge in [0.2, 0.25) is 0 Å². The van der Waals surface area contributed by atoms with E-state index in [1.54, 1.807) is 6.07 Å². The third kappa shape index (κ3) is 3.56. The summed E-state index contributed by atoms with van der Waals surface area (Å²) in [5.41, 5.74) is 3.59. The summed E-state index contributed by atoms with van der Waals surface area (Å²) in [7, 11) is 0. The van der Waals surface area contributed by atoms with E-state index in [9.17, 15) is 4.79 Å². The van der Waals surface area contributed by atoms with Gasteiger partial charge in [-0.15, -0.1) is 0 Å². The van der Waals surface area contributed by atoms with Crippen LogP contribution in [0.3, 0.4) is 0 Å². The van der Waals surface area contributed by atoms with Gasteiger partial charge in [-0.1, -0.05) is 24.6 Å². The van der Waals surface area contributed by atoms with Crippen molar-refractivity contribution < 1.29 is 4.79 Å². The zero-order valence-electron chi connectivity index (χ0n) is 16.2. The van der Waals surface area contributed by atoms with Crippen LogP contribution in [-0.2, 0) is 6.54 Å². The summed E-state index contributed by atoms with van der Waals surface area (Å²) in [6.45, 7) is 6.35. The van der Waals surface area contributed by atoms with E-state index in [0.717, 1.165) is 47.6 Å². The van der Waals surface area contributed by atoms with Crippen LogP contribution in [0.15, 0.2) is 36.5 Å². The van der Waals surface area contributed by atoms with Gasteiger partial charge in [0, 0.05) is 42.5 Å². The minimum absolute atomic E-state index is 0.0934. The number of anilines is 1. The second-order valence-electron chi connectivity index (χ2n) is 7.29. The highest BCUT2D eigenvalue weighted by Crippen LogP contribution is 2.30. The number of aryl methyl sites for hydroxylation is 2. The summed E-state index contributed by atoms with van der Waals surface area (Å²) in [6.07, 6.45) is 3.72. The lowest BCUT2D eigenvalue weighted by atomic mass is 10.1. The van der Waals surface area contributed by atoms with Gasteiger partial charge in [0.1, 0.15) is 11.3 Å². The Bertz CT molecular complexity index is 1020. The number of carbonyl (C=O) groups excluding carboxylic acids is 1. The number of imidazole rings is 1. The van der Waals surface area contributed by atoms with Crippen molar-refractivity contribution in [2.24, 2.45) is 0 Å². The first kappa shape index (κ1) is 18.7. The second kappa shape index (κ2) is 7.80.